The van der Waals surface area contributed by atoms with Gasteiger partial charge < -0.3 is 19.7 Å². The molecule has 0 aliphatic carbocycles. The molecule has 0 aromatic heterocycles. The second kappa shape index (κ2) is 5.26. The van der Waals surface area contributed by atoms with Crippen LogP contribution in [0.4, 0.5) is 0 Å². The Bertz CT molecular complexity index is 726. The van der Waals surface area contributed by atoms with E-state index in [2.05, 4.69) is 0 Å². The van der Waals surface area contributed by atoms with Gasteiger partial charge in [0.2, 0.25) is 0 Å². The standard InChI is InChI=1S/C18H14O6/c19-11-5-1-9(2-6-11)15-13-14(18(22)23-15)16(24-17(13)21)10-3-7-12(20)8-4-10/h1-8,13-16,19-20H/t13-,14-,15+,16+/m1/s1. The predicted molar refractivity (Wildman–Crippen MR) is 80.9 cm³/mol. The van der Waals surface area contributed by atoms with Crippen molar-refractivity contribution in [2.24, 2.45) is 11.8 Å². The Balaban J connectivity index is 1.68. The SMILES string of the molecule is O=C1O[C@@H](c2ccc(O)cc2)[C@@H]2C(=O)O[C@@H](c3ccc(O)cc3)[C@H]12. The van der Waals surface area contributed by atoms with Gasteiger partial charge in [0.15, 0.2) is 0 Å². The highest BCUT2D eigenvalue weighted by atomic mass is 16.6. The molecule has 2 saturated heterocycles. The minimum absolute atomic E-state index is 0.0931. The van der Waals surface area contributed by atoms with Crippen LogP contribution in [-0.2, 0) is 19.1 Å². The molecule has 6 heteroatoms. The molecule has 2 N–H and O–H groups in total. The topological polar surface area (TPSA) is 93.1 Å². The Morgan fingerprint density at radius 3 is 1.29 bits per heavy atom. The van der Waals surface area contributed by atoms with E-state index in [0.717, 1.165) is 0 Å². The zero-order chi connectivity index (χ0) is 16.8. The molecular formula is C18H14O6. The molecule has 0 spiro atoms. The number of hydrogen-bond donors (Lipinski definition) is 2. The van der Waals surface area contributed by atoms with Crippen molar-refractivity contribution in [2.45, 2.75) is 12.2 Å². The highest BCUT2D eigenvalue weighted by molar-refractivity contribution is 5.89. The van der Waals surface area contributed by atoms with Crippen molar-refractivity contribution >= 4 is 11.9 Å². The van der Waals surface area contributed by atoms with E-state index < -0.39 is 36.0 Å². The van der Waals surface area contributed by atoms with Crippen molar-refractivity contribution in [3.8, 4) is 11.5 Å². The first-order valence-electron chi connectivity index (χ1n) is 7.53. The second-order valence-electron chi connectivity index (χ2n) is 5.95. The molecule has 0 amide bonds. The fourth-order valence-electron chi connectivity index (χ4n) is 3.35. The smallest absolute Gasteiger partial charge is 0.314 e. The summed E-state index contributed by atoms with van der Waals surface area (Å²) in [5.74, 6) is -2.23. The van der Waals surface area contributed by atoms with Gasteiger partial charge in [-0.1, -0.05) is 24.3 Å². The first-order chi connectivity index (χ1) is 11.5. The third-order valence-corrected chi connectivity index (χ3v) is 4.51. The average molecular weight is 326 g/mol. The number of phenols is 2. The molecule has 0 unspecified atom stereocenters. The lowest BCUT2D eigenvalue weighted by Crippen LogP contribution is -2.19. The largest absolute Gasteiger partial charge is 0.508 e. The third kappa shape index (κ3) is 2.19. The first-order valence-corrected chi connectivity index (χ1v) is 7.53. The van der Waals surface area contributed by atoms with Gasteiger partial charge in [0.25, 0.3) is 0 Å². The number of cyclic esters (lactones) is 2. The van der Waals surface area contributed by atoms with Crippen LogP contribution in [0.25, 0.3) is 0 Å². The van der Waals surface area contributed by atoms with Crippen molar-refractivity contribution < 1.29 is 29.3 Å². The summed E-state index contributed by atoms with van der Waals surface area (Å²) in [5.41, 5.74) is 1.27. The molecule has 2 aliphatic rings. The number of benzene rings is 2. The third-order valence-electron chi connectivity index (χ3n) is 4.51. The van der Waals surface area contributed by atoms with Gasteiger partial charge in [0.05, 0.1) is 0 Å². The van der Waals surface area contributed by atoms with E-state index in [4.69, 9.17) is 9.47 Å². The molecule has 2 aliphatic heterocycles. The van der Waals surface area contributed by atoms with Crippen LogP contribution in [0.1, 0.15) is 23.3 Å². The maximum Gasteiger partial charge on any atom is 0.314 e. The van der Waals surface area contributed by atoms with Gasteiger partial charge in [-0.25, -0.2) is 0 Å². The number of hydrogen-bond acceptors (Lipinski definition) is 6. The molecule has 0 saturated carbocycles. The molecule has 4 atom stereocenters. The number of esters is 2. The summed E-state index contributed by atoms with van der Waals surface area (Å²) in [4.78, 5) is 24.7. The van der Waals surface area contributed by atoms with E-state index in [0.29, 0.717) is 11.1 Å². The number of ether oxygens (including phenoxy) is 2. The van der Waals surface area contributed by atoms with E-state index in [1.807, 2.05) is 0 Å². The van der Waals surface area contributed by atoms with Gasteiger partial charge in [-0.3, -0.25) is 9.59 Å². The zero-order valence-electron chi connectivity index (χ0n) is 12.5. The molecule has 2 fully saturated rings. The zero-order valence-corrected chi connectivity index (χ0v) is 12.5. The highest BCUT2D eigenvalue weighted by Crippen LogP contribution is 2.51. The first kappa shape index (κ1) is 14.6. The van der Waals surface area contributed by atoms with E-state index >= 15 is 0 Å². The Labute approximate surface area is 137 Å². The highest BCUT2D eigenvalue weighted by Gasteiger charge is 2.59. The average Bonchev–Trinajstić information content (AvgIpc) is 3.08. The lowest BCUT2D eigenvalue weighted by atomic mass is 9.84. The van der Waals surface area contributed by atoms with Crippen molar-refractivity contribution in [3.05, 3.63) is 59.7 Å². The van der Waals surface area contributed by atoms with Crippen molar-refractivity contribution in [3.63, 3.8) is 0 Å². The molecule has 2 aromatic carbocycles. The Morgan fingerprint density at radius 2 is 0.958 bits per heavy atom. The van der Waals surface area contributed by atoms with Crippen molar-refractivity contribution in [1.82, 2.24) is 0 Å². The molecule has 4 rings (SSSR count). The van der Waals surface area contributed by atoms with Gasteiger partial charge in [-0.05, 0) is 35.4 Å². The number of phenolic OH excluding ortho intramolecular Hbond substituents is 2. The fourth-order valence-corrected chi connectivity index (χ4v) is 3.35. The quantitative estimate of drug-likeness (QED) is 0.822. The minimum Gasteiger partial charge on any atom is -0.508 e. The van der Waals surface area contributed by atoms with Crippen LogP contribution in [0.3, 0.4) is 0 Å². The van der Waals surface area contributed by atoms with Crippen LogP contribution in [-0.4, -0.2) is 22.2 Å². The van der Waals surface area contributed by atoms with Crippen LogP contribution >= 0.6 is 0 Å². The molecule has 0 bridgehead atoms. The predicted octanol–water partition coefficient (Wildman–Crippen LogP) is 2.23. The molecule has 2 aromatic rings. The van der Waals surface area contributed by atoms with Gasteiger partial charge in [0.1, 0.15) is 35.5 Å². The van der Waals surface area contributed by atoms with Crippen LogP contribution in [0.2, 0.25) is 0 Å². The van der Waals surface area contributed by atoms with E-state index in [9.17, 15) is 19.8 Å². The Kier molecular flexibility index (Phi) is 3.19. The lowest BCUT2D eigenvalue weighted by molar-refractivity contribution is -0.154. The Morgan fingerprint density at radius 1 is 0.625 bits per heavy atom. The van der Waals surface area contributed by atoms with Crippen molar-refractivity contribution in [1.29, 1.82) is 0 Å². The fraction of sp³-hybridized carbons (Fsp3) is 0.222. The lowest BCUT2D eigenvalue weighted by Gasteiger charge is -2.15. The summed E-state index contributed by atoms with van der Waals surface area (Å²) in [6, 6.07) is 12.4. The van der Waals surface area contributed by atoms with Crippen LogP contribution in [0, 0.1) is 11.8 Å². The van der Waals surface area contributed by atoms with Gasteiger partial charge in [0, 0.05) is 0 Å². The maximum atomic E-state index is 12.3. The number of carbonyl (C=O) groups excluding carboxylic acids is 2. The van der Waals surface area contributed by atoms with Crippen molar-refractivity contribution in [2.75, 3.05) is 0 Å². The summed E-state index contributed by atoms with van der Waals surface area (Å²) < 4.78 is 10.9. The van der Waals surface area contributed by atoms with Crippen LogP contribution in [0.15, 0.2) is 48.5 Å². The van der Waals surface area contributed by atoms with E-state index in [1.54, 1.807) is 24.3 Å². The summed E-state index contributed by atoms with van der Waals surface area (Å²) in [6.07, 6.45) is -1.45. The van der Waals surface area contributed by atoms with E-state index in [1.165, 1.54) is 24.3 Å². The maximum absolute atomic E-state index is 12.3. The molecule has 24 heavy (non-hydrogen) atoms. The van der Waals surface area contributed by atoms with Crippen LogP contribution in [0.5, 0.6) is 11.5 Å². The molecular weight excluding hydrogens is 312 g/mol. The molecule has 6 nitrogen and oxygen atoms in total. The van der Waals surface area contributed by atoms with Gasteiger partial charge >= 0.3 is 11.9 Å². The van der Waals surface area contributed by atoms with Crippen LogP contribution < -0.4 is 0 Å². The number of carbonyl (C=O) groups is 2. The minimum atomic E-state index is -0.724. The monoisotopic (exact) mass is 326 g/mol. The number of fused-ring (bicyclic) bond motifs is 1. The van der Waals surface area contributed by atoms with Gasteiger partial charge in [-0.2, -0.15) is 0 Å². The summed E-state index contributed by atoms with van der Waals surface area (Å²) >= 11 is 0. The molecule has 2 heterocycles. The molecule has 0 radical (unpaired) electrons. The summed E-state index contributed by atoms with van der Waals surface area (Å²) in [7, 11) is 0. The van der Waals surface area contributed by atoms with E-state index in [-0.39, 0.29) is 11.5 Å². The second-order valence-corrected chi connectivity index (χ2v) is 5.95. The molecule has 122 valence electrons. The Hall–Kier alpha value is -3.02. The summed E-state index contributed by atoms with van der Waals surface area (Å²) in [6.45, 7) is 0. The number of aromatic hydroxyl groups is 2. The number of rotatable bonds is 2. The normalized spacial score (nSPS) is 28.3. The summed E-state index contributed by atoms with van der Waals surface area (Å²) in [5, 5.41) is 18.8. The van der Waals surface area contributed by atoms with Gasteiger partial charge in [-0.15, -0.1) is 0 Å².